The largest absolute Gasteiger partial charge is 0.503 e. The summed E-state index contributed by atoms with van der Waals surface area (Å²) < 4.78 is 1.05. The Morgan fingerprint density at radius 3 is 2.83 bits per heavy atom. The topological polar surface area (TPSA) is 98.2 Å². The van der Waals surface area contributed by atoms with E-state index in [-0.39, 0.29) is 0 Å². The quantitative estimate of drug-likeness (QED) is 0.533. The third-order valence-electron chi connectivity index (χ3n) is 1.15. The van der Waals surface area contributed by atoms with Crippen LogP contribution in [0.4, 0.5) is 0 Å². The Kier molecular flexibility index (Phi) is 2.10. The number of hydrogen-bond acceptors (Lipinski definition) is 4. The van der Waals surface area contributed by atoms with E-state index in [4.69, 9.17) is 10.8 Å². The van der Waals surface area contributed by atoms with Crippen LogP contribution in [0, 0.1) is 0 Å². The number of amides is 1. The number of carbonyl (C=O) groups is 1. The van der Waals surface area contributed by atoms with Crippen LogP contribution in [0.5, 0.6) is 5.75 Å². The van der Waals surface area contributed by atoms with Gasteiger partial charge >= 0.3 is 0 Å². The molecule has 0 saturated carbocycles. The van der Waals surface area contributed by atoms with Crippen molar-refractivity contribution in [2.45, 2.75) is 0 Å². The molecular formula is C5H6N3O3P. The summed E-state index contributed by atoms with van der Waals surface area (Å²) in [5.74, 6) is -1.53. The lowest BCUT2D eigenvalue weighted by Gasteiger charge is -1.99. The van der Waals surface area contributed by atoms with Gasteiger partial charge in [0.2, 0.25) is 0 Å². The molecule has 7 heteroatoms. The van der Waals surface area contributed by atoms with Gasteiger partial charge in [0, 0.05) is 0 Å². The second-order valence-corrected chi connectivity index (χ2v) is 2.57. The van der Waals surface area contributed by atoms with E-state index < -0.39 is 22.8 Å². The summed E-state index contributed by atoms with van der Waals surface area (Å²) >= 11 is 0. The van der Waals surface area contributed by atoms with Crippen LogP contribution in [0.25, 0.3) is 0 Å². The van der Waals surface area contributed by atoms with E-state index in [1.54, 1.807) is 0 Å². The summed E-state index contributed by atoms with van der Waals surface area (Å²) in [6.45, 7) is 0. The predicted octanol–water partition coefficient (Wildman–Crippen LogP) is -1.31. The summed E-state index contributed by atoms with van der Waals surface area (Å²) in [7, 11) is 2.06. The van der Waals surface area contributed by atoms with Gasteiger partial charge in [0.25, 0.3) is 11.3 Å². The number of nitrogens with two attached hydrogens (primary N) is 1. The van der Waals surface area contributed by atoms with Crippen LogP contribution in [0.1, 0.15) is 10.5 Å². The van der Waals surface area contributed by atoms with Crippen molar-refractivity contribution < 1.29 is 9.90 Å². The molecule has 6 nitrogen and oxygen atoms in total. The lowest BCUT2D eigenvalue weighted by Crippen LogP contribution is -2.24. The van der Waals surface area contributed by atoms with Gasteiger partial charge in [-0.1, -0.05) is 0 Å². The number of hydrogen-bond donors (Lipinski definition) is 2. The van der Waals surface area contributed by atoms with Gasteiger partial charge in [-0.25, -0.2) is 0 Å². The summed E-state index contributed by atoms with van der Waals surface area (Å²) in [6, 6.07) is 0. The van der Waals surface area contributed by atoms with Crippen molar-refractivity contribution >= 4 is 15.3 Å². The normalized spacial score (nSPS) is 9.75. The number of primary amides is 1. The molecule has 0 spiro atoms. The minimum absolute atomic E-state index is 0.481. The highest BCUT2D eigenvalue weighted by molar-refractivity contribution is 7.14. The lowest BCUT2D eigenvalue weighted by atomic mass is 10.3. The number of aromatic hydroxyl groups is 1. The van der Waals surface area contributed by atoms with E-state index in [0.29, 0.717) is 0 Å². The molecule has 0 aliphatic rings. The fourth-order valence-electron chi connectivity index (χ4n) is 0.656. The Morgan fingerprint density at radius 2 is 2.33 bits per heavy atom. The second-order valence-electron chi connectivity index (χ2n) is 2.04. The van der Waals surface area contributed by atoms with Crippen molar-refractivity contribution in [1.82, 2.24) is 9.55 Å². The van der Waals surface area contributed by atoms with Crippen molar-refractivity contribution in [2.24, 2.45) is 5.73 Å². The zero-order valence-corrected chi connectivity index (χ0v) is 7.04. The van der Waals surface area contributed by atoms with Crippen LogP contribution >= 0.6 is 9.39 Å². The third-order valence-corrected chi connectivity index (χ3v) is 1.42. The van der Waals surface area contributed by atoms with Crippen molar-refractivity contribution in [3.8, 4) is 5.75 Å². The highest BCUT2D eigenvalue weighted by Crippen LogP contribution is 2.01. The summed E-state index contributed by atoms with van der Waals surface area (Å²) in [4.78, 5) is 21.5. The SMILES string of the molecule is NC(=O)c1nn(P)cc(O)c1=O. The molecule has 1 heterocycles. The molecule has 3 N–H and O–H groups in total. The Morgan fingerprint density at radius 1 is 1.75 bits per heavy atom. The molecule has 12 heavy (non-hydrogen) atoms. The van der Waals surface area contributed by atoms with Crippen LogP contribution in [0.3, 0.4) is 0 Å². The van der Waals surface area contributed by atoms with Crippen molar-refractivity contribution in [1.29, 1.82) is 0 Å². The maximum Gasteiger partial charge on any atom is 0.273 e. The van der Waals surface area contributed by atoms with Crippen LogP contribution in [-0.2, 0) is 0 Å². The van der Waals surface area contributed by atoms with Gasteiger partial charge in [-0.3, -0.25) is 14.0 Å². The van der Waals surface area contributed by atoms with Gasteiger partial charge in [0.1, 0.15) is 0 Å². The first-order valence-electron chi connectivity index (χ1n) is 2.90. The number of nitrogens with zero attached hydrogens (tertiary/aromatic N) is 2. The minimum Gasteiger partial charge on any atom is -0.503 e. The van der Waals surface area contributed by atoms with Crippen molar-refractivity contribution in [3.05, 3.63) is 22.1 Å². The van der Waals surface area contributed by atoms with E-state index in [1.165, 1.54) is 0 Å². The van der Waals surface area contributed by atoms with E-state index in [0.717, 1.165) is 10.6 Å². The second kappa shape index (κ2) is 2.91. The molecule has 1 aromatic rings. The molecule has 1 aromatic heterocycles. The first kappa shape index (κ1) is 8.67. The summed E-state index contributed by atoms with van der Waals surface area (Å²) in [6.07, 6.45) is 1.06. The van der Waals surface area contributed by atoms with Crippen molar-refractivity contribution in [2.75, 3.05) is 0 Å². The molecule has 1 atom stereocenters. The molecule has 0 fully saturated rings. The lowest BCUT2D eigenvalue weighted by molar-refractivity contribution is 0.0992. The highest BCUT2D eigenvalue weighted by atomic mass is 31.0. The molecular weight excluding hydrogens is 181 g/mol. The number of rotatable bonds is 1. The Bertz CT molecular complexity index is 386. The first-order valence-corrected chi connectivity index (χ1v) is 3.42. The van der Waals surface area contributed by atoms with Gasteiger partial charge in [0.05, 0.1) is 6.20 Å². The molecule has 0 aliphatic heterocycles. The third kappa shape index (κ3) is 1.43. The molecule has 0 aromatic carbocycles. The fourth-order valence-corrected chi connectivity index (χ4v) is 0.913. The number of aromatic nitrogens is 2. The van der Waals surface area contributed by atoms with Gasteiger partial charge in [-0.2, -0.15) is 5.10 Å². The number of carbonyl (C=O) groups excluding carboxylic acids is 1. The van der Waals surface area contributed by atoms with E-state index in [1.807, 2.05) is 0 Å². The van der Waals surface area contributed by atoms with Crippen LogP contribution in [0.15, 0.2) is 11.0 Å². The average Bonchev–Trinajstić information content (AvgIpc) is 1.96. The molecule has 0 aliphatic carbocycles. The smallest absolute Gasteiger partial charge is 0.273 e. The summed E-state index contributed by atoms with van der Waals surface area (Å²) in [5, 5.41) is 12.4. The van der Waals surface area contributed by atoms with Crippen molar-refractivity contribution in [3.63, 3.8) is 0 Å². The molecule has 1 unspecified atom stereocenters. The monoisotopic (exact) mass is 187 g/mol. The molecule has 0 saturated heterocycles. The van der Waals surface area contributed by atoms with Gasteiger partial charge < -0.3 is 10.8 Å². The molecule has 1 amide bonds. The first-order chi connectivity index (χ1) is 5.52. The minimum atomic E-state index is -0.966. The maximum atomic E-state index is 10.9. The Balaban J connectivity index is 3.49. The maximum absolute atomic E-state index is 10.9. The van der Waals surface area contributed by atoms with E-state index >= 15 is 0 Å². The van der Waals surface area contributed by atoms with Gasteiger partial charge in [-0.05, 0) is 9.39 Å². The molecule has 0 bridgehead atoms. The van der Waals surface area contributed by atoms with Crippen LogP contribution in [-0.4, -0.2) is 20.6 Å². The van der Waals surface area contributed by atoms with E-state index in [2.05, 4.69) is 14.5 Å². The Hall–Kier alpha value is -1.42. The molecule has 0 radical (unpaired) electrons. The fraction of sp³-hybridized carbons (Fsp3) is 0. The molecule has 1 rings (SSSR count). The van der Waals surface area contributed by atoms with Gasteiger partial charge in [-0.15, -0.1) is 0 Å². The predicted molar refractivity (Wildman–Crippen MR) is 43.8 cm³/mol. The van der Waals surface area contributed by atoms with E-state index in [9.17, 15) is 9.59 Å². The summed E-state index contributed by atoms with van der Waals surface area (Å²) in [5.41, 5.74) is 3.48. The Labute approximate surface area is 69.3 Å². The zero-order valence-electron chi connectivity index (χ0n) is 5.89. The standard InChI is InChI=1S/C5H6N3O3P/c6-5(11)3-4(10)2(9)1-8(12)7-3/h1,9H,12H2,(H2,6,11). The van der Waals surface area contributed by atoms with Crippen LogP contribution < -0.4 is 11.2 Å². The zero-order chi connectivity index (χ0) is 9.30. The average molecular weight is 187 g/mol. The molecule has 64 valence electrons. The van der Waals surface area contributed by atoms with Crippen LogP contribution in [0.2, 0.25) is 0 Å². The van der Waals surface area contributed by atoms with Gasteiger partial charge in [0.15, 0.2) is 11.4 Å². The highest BCUT2D eigenvalue weighted by Gasteiger charge is 2.11.